The maximum Gasteiger partial charge on any atom is 0.326 e. The summed E-state index contributed by atoms with van der Waals surface area (Å²) in [6, 6.07) is -0.242. The maximum atomic E-state index is 11.7. The Balaban J connectivity index is 2.81. The van der Waals surface area contributed by atoms with E-state index >= 15 is 0 Å². The van der Waals surface area contributed by atoms with Crippen LogP contribution in [0.2, 0.25) is 8.67 Å². The van der Waals surface area contributed by atoms with Crippen molar-refractivity contribution in [2.45, 2.75) is 12.5 Å². The lowest BCUT2D eigenvalue weighted by Crippen LogP contribution is -2.42. The minimum absolute atomic E-state index is 0.0169. The van der Waals surface area contributed by atoms with Crippen LogP contribution in [-0.4, -0.2) is 34.1 Å². The molecule has 0 saturated carbocycles. The Bertz CT molecular complexity index is 501. The normalized spacial score (nSPS) is 11.9. The van der Waals surface area contributed by atoms with Crippen molar-refractivity contribution in [2.24, 2.45) is 0 Å². The fourth-order valence-electron chi connectivity index (χ4n) is 1.11. The summed E-state index contributed by atoms with van der Waals surface area (Å²) in [7, 11) is 0. The van der Waals surface area contributed by atoms with E-state index in [0.717, 1.165) is 11.3 Å². The van der Waals surface area contributed by atoms with E-state index in [2.05, 4.69) is 5.32 Å². The number of nitrogens with one attached hydrogen (secondary N) is 1. The van der Waals surface area contributed by atoms with E-state index in [1.54, 1.807) is 0 Å². The van der Waals surface area contributed by atoms with E-state index in [4.69, 9.17) is 33.4 Å². The molecule has 0 fully saturated rings. The molecule has 0 aliphatic rings. The van der Waals surface area contributed by atoms with E-state index in [1.165, 1.54) is 6.07 Å². The molecule has 1 heterocycles. The third kappa shape index (κ3) is 3.86. The van der Waals surface area contributed by atoms with E-state index in [0.29, 0.717) is 0 Å². The first kappa shape index (κ1) is 14.7. The van der Waals surface area contributed by atoms with Gasteiger partial charge in [-0.05, 0) is 6.07 Å². The van der Waals surface area contributed by atoms with Crippen LogP contribution in [0.4, 0.5) is 0 Å². The van der Waals surface area contributed by atoms with Crippen molar-refractivity contribution in [3.05, 3.63) is 20.3 Å². The summed E-state index contributed by atoms with van der Waals surface area (Å²) in [5.41, 5.74) is 0.0169. The smallest absolute Gasteiger partial charge is 0.326 e. The number of rotatable bonds is 5. The minimum atomic E-state index is -1.52. The summed E-state index contributed by atoms with van der Waals surface area (Å²) < 4.78 is 0.382. The highest BCUT2D eigenvalue weighted by atomic mass is 35.5. The van der Waals surface area contributed by atoms with Crippen LogP contribution in [0.25, 0.3) is 0 Å². The average molecular weight is 312 g/mol. The van der Waals surface area contributed by atoms with Gasteiger partial charge in [-0.15, -0.1) is 11.3 Å². The molecule has 3 N–H and O–H groups in total. The van der Waals surface area contributed by atoms with Gasteiger partial charge in [-0.25, -0.2) is 4.79 Å². The highest BCUT2D eigenvalue weighted by Gasteiger charge is 2.25. The molecular weight excluding hydrogens is 305 g/mol. The first-order chi connectivity index (χ1) is 8.31. The summed E-state index contributed by atoms with van der Waals surface area (Å²) in [5, 5.41) is 19.3. The van der Waals surface area contributed by atoms with Gasteiger partial charge in [-0.1, -0.05) is 23.2 Å². The van der Waals surface area contributed by atoms with Gasteiger partial charge >= 0.3 is 11.9 Å². The number of carbonyl (C=O) groups is 3. The number of amides is 1. The van der Waals surface area contributed by atoms with Crippen LogP contribution in [-0.2, 0) is 9.59 Å². The van der Waals surface area contributed by atoms with E-state index in [9.17, 15) is 14.4 Å². The lowest BCUT2D eigenvalue weighted by Gasteiger charge is -2.11. The molecule has 0 saturated heterocycles. The van der Waals surface area contributed by atoms with Gasteiger partial charge in [0, 0.05) is 0 Å². The van der Waals surface area contributed by atoms with E-state index in [1.807, 2.05) is 0 Å². The SMILES string of the molecule is O=C(O)C[C@@H](NC(=O)c1cc(Cl)sc1Cl)C(=O)O. The highest BCUT2D eigenvalue weighted by molar-refractivity contribution is 7.20. The van der Waals surface area contributed by atoms with Crippen molar-refractivity contribution in [2.75, 3.05) is 0 Å². The van der Waals surface area contributed by atoms with E-state index < -0.39 is 30.3 Å². The molecule has 6 nitrogen and oxygen atoms in total. The van der Waals surface area contributed by atoms with Gasteiger partial charge in [-0.3, -0.25) is 9.59 Å². The Kier molecular flexibility index (Phi) is 4.94. The van der Waals surface area contributed by atoms with Crippen molar-refractivity contribution in [1.82, 2.24) is 5.32 Å². The number of aliphatic carboxylic acids is 2. The minimum Gasteiger partial charge on any atom is -0.481 e. The van der Waals surface area contributed by atoms with Gasteiger partial charge in [0.2, 0.25) is 0 Å². The van der Waals surface area contributed by atoms with Gasteiger partial charge in [0.15, 0.2) is 0 Å². The Hall–Kier alpha value is -1.31. The molecule has 0 bridgehead atoms. The molecule has 18 heavy (non-hydrogen) atoms. The highest BCUT2D eigenvalue weighted by Crippen LogP contribution is 2.31. The quantitative estimate of drug-likeness (QED) is 0.768. The molecule has 1 atom stereocenters. The predicted molar refractivity (Wildman–Crippen MR) is 65.5 cm³/mol. The third-order valence-electron chi connectivity index (χ3n) is 1.88. The second kappa shape index (κ2) is 6.03. The molecular formula is C9H7Cl2NO5S. The van der Waals surface area contributed by atoms with Crippen LogP contribution in [0.1, 0.15) is 16.8 Å². The average Bonchev–Trinajstić information content (AvgIpc) is 2.56. The molecule has 1 amide bonds. The van der Waals surface area contributed by atoms with Crippen LogP contribution in [0.15, 0.2) is 6.07 Å². The number of thiophene rings is 1. The van der Waals surface area contributed by atoms with Crippen LogP contribution >= 0.6 is 34.5 Å². The lowest BCUT2D eigenvalue weighted by atomic mass is 10.2. The van der Waals surface area contributed by atoms with Gasteiger partial charge in [0.1, 0.15) is 10.4 Å². The van der Waals surface area contributed by atoms with Gasteiger partial charge in [0.05, 0.1) is 16.3 Å². The largest absolute Gasteiger partial charge is 0.481 e. The molecule has 98 valence electrons. The second-order valence-electron chi connectivity index (χ2n) is 3.20. The number of hydrogen-bond donors (Lipinski definition) is 3. The first-order valence-electron chi connectivity index (χ1n) is 4.51. The van der Waals surface area contributed by atoms with E-state index in [-0.39, 0.29) is 14.2 Å². The predicted octanol–water partition coefficient (Wildman–Crippen LogP) is 1.71. The molecule has 0 aliphatic carbocycles. The Morgan fingerprint density at radius 2 is 1.94 bits per heavy atom. The van der Waals surface area contributed by atoms with Crippen LogP contribution in [0.3, 0.4) is 0 Å². The van der Waals surface area contributed by atoms with Crippen LogP contribution in [0.5, 0.6) is 0 Å². The van der Waals surface area contributed by atoms with Crippen molar-refractivity contribution in [3.8, 4) is 0 Å². The zero-order chi connectivity index (χ0) is 13.9. The van der Waals surface area contributed by atoms with Crippen molar-refractivity contribution in [3.63, 3.8) is 0 Å². The monoisotopic (exact) mass is 311 g/mol. The summed E-state index contributed by atoms with van der Waals surface area (Å²) in [5.74, 6) is -3.56. The topological polar surface area (TPSA) is 104 Å². The molecule has 1 rings (SSSR count). The van der Waals surface area contributed by atoms with Crippen molar-refractivity contribution in [1.29, 1.82) is 0 Å². The number of halogens is 2. The van der Waals surface area contributed by atoms with Crippen molar-refractivity contribution >= 4 is 52.4 Å². The number of hydrogen-bond acceptors (Lipinski definition) is 4. The molecule has 0 aromatic carbocycles. The van der Waals surface area contributed by atoms with Gasteiger partial charge < -0.3 is 15.5 Å². The summed E-state index contributed by atoms with van der Waals surface area (Å²) >= 11 is 12.3. The van der Waals surface area contributed by atoms with Crippen LogP contribution < -0.4 is 5.32 Å². The Morgan fingerprint density at radius 1 is 1.33 bits per heavy atom. The van der Waals surface area contributed by atoms with Crippen LogP contribution in [0, 0.1) is 0 Å². The summed E-state index contributed by atoms with van der Waals surface area (Å²) in [4.78, 5) is 32.9. The molecule has 1 aromatic heterocycles. The second-order valence-corrected chi connectivity index (χ2v) is 5.49. The molecule has 1 aromatic rings. The van der Waals surface area contributed by atoms with Gasteiger partial charge in [0.25, 0.3) is 5.91 Å². The summed E-state index contributed by atoms with van der Waals surface area (Å²) in [6.07, 6.45) is -0.726. The first-order valence-corrected chi connectivity index (χ1v) is 6.08. The fourth-order valence-corrected chi connectivity index (χ4v) is 2.56. The number of carboxylic acid groups (broad SMARTS) is 2. The number of carboxylic acids is 2. The van der Waals surface area contributed by atoms with Gasteiger partial charge in [-0.2, -0.15) is 0 Å². The zero-order valence-electron chi connectivity index (χ0n) is 8.65. The molecule has 0 spiro atoms. The maximum absolute atomic E-state index is 11.7. The van der Waals surface area contributed by atoms with Crippen molar-refractivity contribution < 1.29 is 24.6 Å². The molecule has 9 heteroatoms. The summed E-state index contributed by atoms with van der Waals surface area (Å²) in [6.45, 7) is 0. The lowest BCUT2D eigenvalue weighted by molar-refractivity contribution is -0.145. The Labute approximate surface area is 115 Å². The standard InChI is InChI=1S/C9H7Cl2NO5S/c10-5-1-3(7(11)18-5)8(15)12-4(9(16)17)2-6(13)14/h1,4H,2H2,(H,12,15)(H,13,14)(H,16,17)/t4-/m1/s1. The molecule has 0 unspecified atom stereocenters. The molecule has 0 radical (unpaired) electrons. The third-order valence-corrected chi connectivity index (χ3v) is 3.37. The zero-order valence-corrected chi connectivity index (χ0v) is 11.0. The number of carbonyl (C=O) groups excluding carboxylic acids is 1. The fraction of sp³-hybridized carbons (Fsp3) is 0.222. The molecule has 0 aliphatic heterocycles. The Morgan fingerprint density at radius 3 is 2.33 bits per heavy atom.